The van der Waals surface area contributed by atoms with E-state index in [0.29, 0.717) is 5.56 Å². The number of nitrogens with one attached hydrogen (secondary N) is 1. The van der Waals surface area contributed by atoms with Gasteiger partial charge in [-0.15, -0.1) is 12.4 Å². The quantitative estimate of drug-likeness (QED) is 0.872. The van der Waals surface area contributed by atoms with E-state index in [-0.39, 0.29) is 18.4 Å². The maximum Gasteiger partial charge on any atom is 0.335 e. The molecule has 0 aliphatic carbocycles. The van der Waals surface area contributed by atoms with Crippen molar-refractivity contribution in [2.75, 3.05) is 13.7 Å². The van der Waals surface area contributed by atoms with Crippen LogP contribution in [0.2, 0.25) is 0 Å². The second-order valence-electron chi connectivity index (χ2n) is 3.91. The molecule has 0 amide bonds. The van der Waals surface area contributed by atoms with Crippen molar-refractivity contribution in [1.82, 2.24) is 5.32 Å². The molecular weight excluding hydrogens is 242 g/mol. The third-order valence-electron chi connectivity index (χ3n) is 2.91. The molecule has 1 fully saturated rings. The van der Waals surface area contributed by atoms with Crippen molar-refractivity contribution in [2.24, 2.45) is 0 Å². The lowest BCUT2D eigenvalue weighted by Gasteiger charge is -2.15. The van der Waals surface area contributed by atoms with Crippen LogP contribution in [0.1, 0.15) is 34.8 Å². The topological polar surface area (TPSA) is 58.6 Å². The highest BCUT2D eigenvalue weighted by Crippen LogP contribution is 2.31. The Balaban J connectivity index is 0.00000144. The van der Waals surface area contributed by atoms with E-state index in [0.717, 1.165) is 30.7 Å². The molecule has 2 rings (SSSR count). The second kappa shape index (κ2) is 5.89. The number of carbonyl (C=O) groups is 1. The Morgan fingerprint density at radius 1 is 1.53 bits per heavy atom. The predicted octanol–water partition coefficient (Wildman–Crippen LogP) is 2.24. The van der Waals surface area contributed by atoms with Crippen molar-refractivity contribution < 1.29 is 14.6 Å². The average Bonchev–Trinajstić information content (AvgIpc) is 2.81. The van der Waals surface area contributed by atoms with Crippen molar-refractivity contribution >= 4 is 18.4 Å². The fourth-order valence-corrected chi connectivity index (χ4v) is 2.09. The van der Waals surface area contributed by atoms with E-state index in [9.17, 15) is 4.79 Å². The molecule has 1 heterocycles. The molecule has 1 aromatic rings. The van der Waals surface area contributed by atoms with Crippen LogP contribution in [0.4, 0.5) is 0 Å². The zero-order valence-corrected chi connectivity index (χ0v) is 10.4. The first-order valence-electron chi connectivity index (χ1n) is 5.37. The maximum atomic E-state index is 10.9. The van der Waals surface area contributed by atoms with Crippen LogP contribution < -0.4 is 10.1 Å². The number of benzene rings is 1. The van der Waals surface area contributed by atoms with Crippen LogP contribution in [0.3, 0.4) is 0 Å². The molecule has 17 heavy (non-hydrogen) atoms. The summed E-state index contributed by atoms with van der Waals surface area (Å²) in [6, 6.07) is 5.21. The van der Waals surface area contributed by atoms with Gasteiger partial charge in [0.15, 0.2) is 0 Å². The number of aromatic carboxylic acids is 1. The van der Waals surface area contributed by atoms with E-state index in [1.807, 2.05) is 0 Å². The summed E-state index contributed by atoms with van der Waals surface area (Å²) in [6.07, 6.45) is 2.14. The lowest BCUT2D eigenvalue weighted by Crippen LogP contribution is -2.14. The van der Waals surface area contributed by atoms with Crippen LogP contribution in [-0.2, 0) is 0 Å². The summed E-state index contributed by atoms with van der Waals surface area (Å²) in [5, 5.41) is 12.3. The van der Waals surface area contributed by atoms with Crippen LogP contribution >= 0.6 is 12.4 Å². The predicted molar refractivity (Wildman–Crippen MR) is 67.2 cm³/mol. The summed E-state index contributed by atoms with van der Waals surface area (Å²) in [6.45, 7) is 0.977. The highest BCUT2D eigenvalue weighted by Gasteiger charge is 2.21. The zero-order valence-electron chi connectivity index (χ0n) is 9.60. The molecule has 4 nitrogen and oxygen atoms in total. The monoisotopic (exact) mass is 257 g/mol. The standard InChI is InChI=1S/C12H15NO3.ClH/c1-16-11-5-4-8(12(14)15)7-9(11)10-3-2-6-13-10;/h4-5,7,10,13H,2-3,6H2,1H3,(H,14,15);1H/t10-;/m0./s1. The Labute approximate surface area is 106 Å². The average molecular weight is 258 g/mol. The van der Waals surface area contributed by atoms with Gasteiger partial charge in [0.1, 0.15) is 5.75 Å². The number of hydrogen-bond donors (Lipinski definition) is 2. The molecule has 1 saturated heterocycles. The van der Waals surface area contributed by atoms with Gasteiger partial charge in [-0.25, -0.2) is 4.79 Å². The molecule has 0 radical (unpaired) electrons. The molecule has 2 N–H and O–H groups in total. The van der Waals surface area contributed by atoms with Crippen molar-refractivity contribution in [3.63, 3.8) is 0 Å². The van der Waals surface area contributed by atoms with Gasteiger partial charge in [0, 0.05) is 11.6 Å². The summed E-state index contributed by atoms with van der Waals surface area (Å²) < 4.78 is 5.26. The molecular formula is C12H16ClNO3. The first-order valence-corrected chi connectivity index (χ1v) is 5.37. The molecule has 0 saturated carbocycles. The van der Waals surface area contributed by atoms with Crippen molar-refractivity contribution in [2.45, 2.75) is 18.9 Å². The van der Waals surface area contributed by atoms with E-state index in [1.54, 1.807) is 25.3 Å². The first kappa shape index (κ1) is 13.8. The van der Waals surface area contributed by atoms with E-state index >= 15 is 0 Å². The SMILES string of the molecule is COc1ccc(C(=O)O)cc1[C@@H]1CCCN1.Cl. The van der Waals surface area contributed by atoms with E-state index < -0.39 is 5.97 Å². The van der Waals surface area contributed by atoms with Crippen LogP contribution in [0.5, 0.6) is 5.75 Å². The summed E-state index contributed by atoms with van der Waals surface area (Å²) in [5.74, 6) is -0.147. The summed E-state index contributed by atoms with van der Waals surface area (Å²) in [7, 11) is 1.61. The number of hydrogen-bond acceptors (Lipinski definition) is 3. The molecule has 1 aliphatic rings. The summed E-state index contributed by atoms with van der Waals surface area (Å²) in [5.41, 5.74) is 1.25. The van der Waals surface area contributed by atoms with Crippen molar-refractivity contribution in [1.29, 1.82) is 0 Å². The molecule has 1 atom stereocenters. The molecule has 94 valence electrons. The van der Waals surface area contributed by atoms with Gasteiger partial charge < -0.3 is 15.2 Å². The molecule has 1 aliphatic heterocycles. The summed E-state index contributed by atoms with van der Waals surface area (Å²) in [4.78, 5) is 10.9. The van der Waals surface area contributed by atoms with Gasteiger partial charge in [0.2, 0.25) is 0 Å². The van der Waals surface area contributed by atoms with Gasteiger partial charge in [-0.1, -0.05) is 0 Å². The van der Waals surface area contributed by atoms with Crippen LogP contribution in [0.25, 0.3) is 0 Å². The minimum atomic E-state index is -0.901. The molecule has 5 heteroatoms. The van der Waals surface area contributed by atoms with Gasteiger partial charge in [-0.05, 0) is 37.6 Å². The highest BCUT2D eigenvalue weighted by atomic mass is 35.5. The van der Waals surface area contributed by atoms with E-state index in [1.165, 1.54) is 0 Å². The first-order chi connectivity index (χ1) is 7.72. The van der Waals surface area contributed by atoms with Crippen molar-refractivity contribution in [3.05, 3.63) is 29.3 Å². The number of ether oxygens (including phenoxy) is 1. The minimum Gasteiger partial charge on any atom is -0.496 e. The normalized spacial score (nSPS) is 18.5. The number of methoxy groups -OCH3 is 1. The van der Waals surface area contributed by atoms with E-state index in [2.05, 4.69) is 5.32 Å². The largest absolute Gasteiger partial charge is 0.496 e. The molecule has 1 aromatic carbocycles. The second-order valence-corrected chi connectivity index (χ2v) is 3.91. The number of carboxylic acids is 1. The van der Waals surface area contributed by atoms with Gasteiger partial charge in [0.05, 0.1) is 12.7 Å². The molecule has 0 spiro atoms. The van der Waals surface area contributed by atoms with Crippen LogP contribution in [0, 0.1) is 0 Å². The van der Waals surface area contributed by atoms with Crippen molar-refractivity contribution in [3.8, 4) is 5.75 Å². The van der Waals surface area contributed by atoms with Crippen LogP contribution in [-0.4, -0.2) is 24.7 Å². The smallest absolute Gasteiger partial charge is 0.335 e. The third-order valence-corrected chi connectivity index (χ3v) is 2.91. The number of rotatable bonds is 3. The fraction of sp³-hybridized carbons (Fsp3) is 0.417. The van der Waals surface area contributed by atoms with Gasteiger partial charge in [-0.2, -0.15) is 0 Å². The summed E-state index contributed by atoms with van der Waals surface area (Å²) >= 11 is 0. The lowest BCUT2D eigenvalue weighted by atomic mass is 10.0. The molecule has 0 unspecified atom stereocenters. The van der Waals surface area contributed by atoms with Crippen LogP contribution in [0.15, 0.2) is 18.2 Å². The van der Waals surface area contributed by atoms with E-state index in [4.69, 9.17) is 9.84 Å². The fourth-order valence-electron chi connectivity index (χ4n) is 2.09. The molecule has 0 bridgehead atoms. The van der Waals surface area contributed by atoms with Gasteiger partial charge >= 0.3 is 5.97 Å². The Morgan fingerprint density at radius 3 is 2.82 bits per heavy atom. The van der Waals surface area contributed by atoms with Gasteiger partial charge in [-0.3, -0.25) is 0 Å². The number of carboxylic acid groups (broad SMARTS) is 1. The Hall–Kier alpha value is -1.26. The number of halogens is 1. The third kappa shape index (κ3) is 2.90. The lowest BCUT2D eigenvalue weighted by molar-refractivity contribution is 0.0696. The Morgan fingerprint density at radius 2 is 2.29 bits per heavy atom. The Kier molecular flexibility index (Phi) is 4.78. The Bertz CT molecular complexity index is 403. The van der Waals surface area contributed by atoms with Gasteiger partial charge in [0.25, 0.3) is 0 Å². The highest BCUT2D eigenvalue weighted by molar-refractivity contribution is 5.88. The zero-order chi connectivity index (χ0) is 11.5. The maximum absolute atomic E-state index is 10.9. The molecule has 0 aromatic heterocycles. The minimum absolute atomic E-state index is 0.